The minimum atomic E-state index is -3.50. The molecule has 1 atom stereocenters. The molecule has 0 saturated carbocycles. The van der Waals surface area contributed by atoms with Crippen molar-refractivity contribution in [2.24, 2.45) is 0 Å². The number of halogens is 3. The first-order valence-corrected chi connectivity index (χ1v) is 8.05. The molecule has 0 aliphatic rings. The van der Waals surface area contributed by atoms with Gasteiger partial charge in [-0.3, -0.25) is 0 Å². The number of hydrogen-bond donors (Lipinski definition) is 1. The summed E-state index contributed by atoms with van der Waals surface area (Å²) >= 11 is 5.47. The Morgan fingerprint density at radius 1 is 1.32 bits per heavy atom. The van der Waals surface area contributed by atoms with E-state index in [0.29, 0.717) is 18.7 Å². The van der Waals surface area contributed by atoms with Crippen molar-refractivity contribution in [2.45, 2.75) is 25.8 Å². The summed E-state index contributed by atoms with van der Waals surface area (Å²) in [5.41, 5.74) is 0.113. The smallest absolute Gasteiger partial charge is 0.212 e. The van der Waals surface area contributed by atoms with Gasteiger partial charge in [-0.25, -0.2) is 21.9 Å². The van der Waals surface area contributed by atoms with Crippen LogP contribution in [0.25, 0.3) is 0 Å². The largest absolute Gasteiger partial charge is 0.212 e. The maximum atomic E-state index is 13.5. The van der Waals surface area contributed by atoms with Gasteiger partial charge in [0.2, 0.25) is 10.0 Å². The highest BCUT2D eigenvalue weighted by Crippen LogP contribution is 2.18. The second-order valence-electron chi connectivity index (χ2n) is 4.22. The van der Waals surface area contributed by atoms with Gasteiger partial charge in [-0.05, 0) is 25.8 Å². The van der Waals surface area contributed by atoms with Crippen LogP contribution >= 0.6 is 11.6 Å². The molecule has 1 N–H and O–H groups in total. The molecule has 0 aromatic heterocycles. The first-order chi connectivity index (χ1) is 8.85. The second-order valence-corrected chi connectivity index (χ2v) is 6.47. The summed E-state index contributed by atoms with van der Waals surface area (Å²) in [6.45, 7) is 1.51. The van der Waals surface area contributed by atoms with Crippen LogP contribution in [-0.4, -0.2) is 20.1 Å². The third-order valence-electron chi connectivity index (χ3n) is 2.58. The molecule has 0 fully saturated rings. The standard InChI is InChI=1S/C12H16ClF2NO2S/c1-9(11-5-4-10(14)8-12(11)15)16-19(17,18)7-3-2-6-13/h4-5,8-9,16H,2-3,6-7H2,1H3. The Balaban J connectivity index is 2.70. The van der Waals surface area contributed by atoms with Gasteiger partial charge < -0.3 is 0 Å². The summed E-state index contributed by atoms with van der Waals surface area (Å²) in [4.78, 5) is 0. The molecule has 0 bridgehead atoms. The zero-order valence-corrected chi connectivity index (χ0v) is 12.1. The van der Waals surface area contributed by atoms with Crippen LogP contribution in [0.2, 0.25) is 0 Å². The quantitative estimate of drug-likeness (QED) is 0.621. The summed E-state index contributed by atoms with van der Waals surface area (Å²) in [6.07, 6.45) is 1.04. The third kappa shape index (κ3) is 5.42. The van der Waals surface area contributed by atoms with Crippen LogP contribution in [0.15, 0.2) is 18.2 Å². The number of hydrogen-bond acceptors (Lipinski definition) is 2. The van der Waals surface area contributed by atoms with Gasteiger partial charge >= 0.3 is 0 Å². The summed E-state index contributed by atoms with van der Waals surface area (Å²) in [5, 5.41) is 0. The number of rotatable bonds is 7. The monoisotopic (exact) mass is 311 g/mol. The van der Waals surface area contributed by atoms with Gasteiger partial charge in [0.1, 0.15) is 11.6 Å². The molecule has 0 aliphatic carbocycles. The third-order valence-corrected chi connectivity index (χ3v) is 4.39. The van der Waals surface area contributed by atoms with Crippen LogP contribution in [-0.2, 0) is 10.0 Å². The maximum absolute atomic E-state index is 13.5. The number of alkyl halides is 1. The Bertz CT molecular complexity index is 522. The zero-order valence-electron chi connectivity index (χ0n) is 10.5. The minimum Gasteiger partial charge on any atom is -0.212 e. The van der Waals surface area contributed by atoms with E-state index in [9.17, 15) is 17.2 Å². The van der Waals surface area contributed by atoms with Gasteiger partial charge in [-0.1, -0.05) is 6.07 Å². The van der Waals surface area contributed by atoms with E-state index >= 15 is 0 Å². The number of nitrogens with one attached hydrogen (secondary N) is 1. The van der Waals surface area contributed by atoms with Crippen LogP contribution in [0.5, 0.6) is 0 Å². The van der Waals surface area contributed by atoms with E-state index in [2.05, 4.69) is 4.72 Å². The molecular weight excluding hydrogens is 296 g/mol. The van der Waals surface area contributed by atoms with Crippen LogP contribution in [0.1, 0.15) is 31.4 Å². The summed E-state index contributed by atoms with van der Waals surface area (Å²) < 4.78 is 52.0. The van der Waals surface area contributed by atoms with E-state index in [0.717, 1.165) is 12.1 Å². The fraction of sp³-hybridized carbons (Fsp3) is 0.500. The fourth-order valence-electron chi connectivity index (χ4n) is 1.63. The Morgan fingerprint density at radius 2 is 2.00 bits per heavy atom. The second kappa shape index (κ2) is 7.17. The lowest BCUT2D eigenvalue weighted by molar-refractivity contribution is 0.538. The molecule has 1 rings (SSSR count). The zero-order chi connectivity index (χ0) is 14.5. The van der Waals surface area contributed by atoms with E-state index in [1.165, 1.54) is 13.0 Å². The van der Waals surface area contributed by atoms with Crippen molar-refractivity contribution in [1.82, 2.24) is 4.72 Å². The molecule has 0 spiro atoms. The van der Waals surface area contributed by atoms with E-state index in [1.807, 2.05) is 0 Å². The van der Waals surface area contributed by atoms with Crippen molar-refractivity contribution >= 4 is 21.6 Å². The van der Waals surface area contributed by atoms with Crippen LogP contribution in [0.3, 0.4) is 0 Å². The van der Waals surface area contributed by atoms with Crippen LogP contribution in [0.4, 0.5) is 8.78 Å². The number of benzene rings is 1. The lowest BCUT2D eigenvalue weighted by Gasteiger charge is -2.15. The molecule has 1 unspecified atom stereocenters. The average molecular weight is 312 g/mol. The molecule has 1 aromatic rings. The molecule has 0 saturated heterocycles. The number of unbranched alkanes of at least 4 members (excludes halogenated alkanes) is 1. The van der Waals surface area contributed by atoms with Crippen molar-refractivity contribution in [1.29, 1.82) is 0 Å². The Hall–Kier alpha value is -0.720. The van der Waals surface area contributed by atoms with Crippen LogP contribution in [0, 0.1) is 11.6 Å². The molecule has 0 radical (unpaired) electrons. The van der Waals surface area contributed by atoms with Gasteiger partial charge in [0.15, 0.2) is 0 Å². The Labute approximate surface area is 117 Å². The van der Waals surface area contributed by atoms with Gasteiger partial charge in [0.05, 0.1) is 5.75 Å². The first-order valence-electron chi connectivity index (χ1n) is 5.86. The molecule has 0 heterocycles. The molecule has 0 amide bonds. The SMILES string of the molecule is CC(NS(=O)(=O)CCCCCl)c1ccc(F)cc1F. The predicted octanol–water partition coefficient (Wildman–Crippen LogP) is 2.96. The molecule has 7 heteroatoms. The Kier molecular flexibility index (Phi) is 6.16. The maximum Gasteiger partial charge on any atom is 0.212 e. The average Bonchev–Trinajstić information content (AvgIpc) is 2.28. The van der Waals surface area contributed by atoms with Gasteiger partial charge in [0.25, 0.3) is 0 Å². The molecule has 19 heavy (non-hydrogen) atoms. The van der Waals surface area contributed by atoms with E-state index < -0.39 is 27.7 Å². The van der Waals surface area contributed by atoms with Crippen molar-refractivity contribution in [3.63, 3.8) is 0 Å². The molecule has 0 aliphatic heterocycles. The van der Waals surface area contributed by atoms with Crippen molar-refractivity contribution < 1.29 is 17.2 Å². The number of sulfonamides is 1. The van der Waals surface area contributed by atoms with Crippen molar-refractivity contribution in [2.75, 3.05) is 11.6 Å². The fourth-order valence-corrected chi connectivity index (χ4v) is 3.19. The summed E-state index contributed by atoms with van der Waals surface area (Å²) in [7, 11) is -3.50. The lowest BCUT2D eigenvalue weighted by atomic mass is 10.1. The predicted molar refractivity (Wildman–Crippen MR) is 71.6 cm³/mol. The van der Waals surface area contributed by atoms with Crippen molar-refractivity contribution in [3.05, 3.63) is 35.4 Å². The highest BCUT2D eigenvalue weighted by atomic mass is 35.5. The van der Waals surface area contributed by atoms with Crippen molar-refractivity contribution in [3.8, 4) is 0 Å². The Morgan fingerprint density at radius 3 is 2.58 bits per heavy atom. The topological polar surface area (TPSA) is 46.2 Å². The summed E-state index contributed by atoms with van der Waals surface area (Å²) in [5.74, 6) is -1.13. The molecule has 3 nitrogen and oxygen atoms in total. The first kappa shape index (κ1) is 16.3. The normalized spacial score (nSPS) is 13.5. The van der Waals surface area contributed by atoms with Gasteiger partial charge in [0, 0.05) is 23.6 Å². The molecular formula is C12H16ClF2NO2S. The lowest BCUT2D eigenvalue weighted by Crippen LogP contribution is -2.29. The van der Waals surface area contributed by atoms with E-state index in [4.69, 9.17) is 11.6 Å². The minimum absolute atomic E-state index is 0.0626. The van der Waals surface area contributed by atoms with Gasteiger partial charge in [-0.15, -0.1) is 11.6 Å². The molecule has 108 valence electrons. The van der Waals surface area contributed by atoms with Gasteiger partial charge in [-0.2, -0.15) is 0 Å². The highest BCUT2D eigenvalue weighted by Gasteiger charge is 2.18. The van der Waals surface area contributed by atoms with E-state index in [1.54, 1.807) is 0 Å². The van der Waals surface area contributed by atoms with E-state index in [-0.39, 0.29) is 11.3 Å². The highest BCUT2D eigenvalue weighted by molar-refractivity contribution is 7.89. The molecule has 1 aromatic carbocycles. The summed E-state index contributed by atoms with van der Waals surface area (Å²) in [6, 6.07) is 2.31. The van der Waals surface area contributed by atoms with Crippen LogP contribution < -0.4 is 4.72 Å².